The molecule has 1 heterocycles. The van der Waals surface area contributed by atoms with Gasteiger partial charge in [0.1, 0.15) is 18.1 Å². The Morgan fingerprint density at radius 2 is 1.80 bits per heavy atom. The molecule has 0 aliphatic heterocycles. The van der Waals surface area contributed by atoms with Crippen molar-refractivity contribution in [3.8, 4) is 11.5 Å². The Kier molecular flexibility index (Phi) is 6.63. The normalized spacial score (nSPS) is 10.5. The summed E-state index contributed by atoms with van der Waals surface area (Å²) in [5, 5.41) is 17.4. The molecule has 0 bridgehead atoms. The number of nitrogens with zero attached hydrogens (tertiary/aromatic N) is 3. The van der Waals surface area contributed by atoms with Crippen LogP contribution in [0.3, 0.4) is 0 Å². The number of carbonyl (C=O) groups excluding carboxylic acids is 1. The standard InChI is InChI=1S/C21H22N4O5/c1-15-13-20(25(27)28)23-24(15)12-11-22-21(26)17-5-3-16(4-6-17)14-30-19-9-7-18(29-2)8-10-19/h3-10,13H,11-12,14H2,1-2H3,(H,22,26). The summed E-state index contributed by atoms with van der Waals surface area (Å²) >= 11 is 0. The topological polar surface area (TPSA) is 109 Å². The Bertz CT molecular complexity index is 1010. The number of ether oxygens (including phenoxy) is 2. The van der Waals surface area contributed by atoms with Gasteiger partial charge in [-0.05, 0) is 53.8 Å². The highest BCUT2D eigenvalue weighted by Crippen LogP contribution is 2.18. The van der Waals surface area contributed by atoms with Crippen molar-refractivity contribution in [1.29, 1.82) is 0 Å². The summed E-state index contributed by atoms with van der Waals surface area (Å²) in [4.78, 5) is 22.5. The van der Waals surface area contributed by atoms with E-state index < -0.39 is 4.92 Å². The average molecular weight is 410 g/mol. The molecular formula is C21H22N4O5. The summed E-state index contributed by atoms with van der Waals surface area (Å²) in [5.41, 5.74) is 2.12. The molecule has 156 valence electrons. The molecule has 3 aromatic rings. The fourth-order valence-electron chi connectivity index (χ4n) is 2.78. The minimum Gasteiger partial charge on any atom is -0.497 e. The molecule has 0 saturated carbocycles. The first-order valence-electron chi connectivity index (χ1n) is 9.29. The minimum absolute atomic E-state index is 0.203. The first-order valence-corrected chi connectivity index (χ1v) is 9.29. The summed E-state index contributed by atoms with van der Waals surface area (Å²) in [6.07, 6.45) is 0. The van der Waals surface area contributed by atoms with Crippen LogP contribution < -0.4 is 14.8 Å². The van der Waals surface area contributed by atoms with Crippen molar-refractivity contribution in [2.75, 3.05) is 13.7 Å². The number of nitro groups is 1. The van der Waals surface area contributed by atoms with Crippen molar-refractivity contribution < 1.29 is 19.2 Å². The summed E-state index contributed by atoms with van der Waals surface area (Å²) in [7, 11) is 1.61. The van der Waals surface area contributed by atoms with E-state index >= 15 is 0 Å². The summed E-state index contributed by atoms with van der Waals surface area (Å²) in [6, 6.07) is 15.8. The van der Waals surface area contributed by atoms with Crippen molar-refractivity contribution in [2.45, 2.75) is 20.1 Å². The molecule has 0 saturated heterocycles. The molecule has 2 aromatic carbocycles. The van der Waals surface area contributed by atoms with Gasteiger partial charge in [-0.3, -0.25) is 4.79 Å². The van der Waals surface area contributed by atoms with E-state index in [9.17, 15) is 14.9 Å². The Morgan fingerprint density at radius 3 is 2.40 bits per heavy atom. The van der Waals surface area contributed by atoms with Crippen LogP contribution >= 0.6 is 0 Å². The van der Waals surface area contributed by atoms with Crippen LogP contribution in [0.25, 0.3) is 0 Å². The third-order valence-electron chi connectivity index (χ3n) is 4.45. The van der Waals surface area contributed by atoms with E-state index in [1.807, 2.05) is 36.4 Å². The van der Waals surface area contributed by atoms with Gasteiger partial charge in [0, 0.05) is 12.1 Å². The highest BCUT2D eigenvalue weighted by Gasteiger charge is 2.15. The molecule has 0 atom stereocenters. The molecular weight excluding hydrogens is 388 g/mol. The highest BCUT2D eigenvalue weighted by atomic mass is 16.6. The van der Waals surface area contributed by atoms with Gasteiger partial charge in [-0.15, -0.1) is 0 Å². The maximum Gasteiger partial charge on any atom is 0.390 e. The lowest BCUT2D eigenvalue weighted by Crippen LogP contribution is -2.27. The molecule has 0 spiro atoms. The maximum absolute atomic E-state index is 12.3. The van der Waals surface area contributed by atoms with Gasteiger partial charge in [-0.25, -0.2) is 0 Å². The molecule has 3 rings (SSSR count). The van der Waals surface area contributed by atoms with Crippen molar-refractivity contribution in [2.24, 2.45) is 0 Å². The molecule has 30 heavy (non-hydrogen) atoms. The Hall–Kier alpha value is -3.88. The van der Waals surface area contributed by atoms with Gasteiger partial charge in [0.15, 0.2) is 0 Å². The monoisotopic (exact) mass is 410 g/mol. The van der Waals surface area contributed by atoms with E-state index in [4.69, 9.17) is 9.47 Å². The van der Waals surface area contributed by atoms with Crippen molar-refractivity contribution >= 4 is 11.7 Å². The number of rotatable bonds is 9. The predicted molar refractivity (Wildman–Crippen MR) is 110 cm³/mol. The zero-order chi connectivity index (χ0) is 21.5. The fourth-order valence-corrected chi connectivity index (χ4v) is 2.78. The van der Waals surface area contributed by atoms with Gasteiger partial charge in [-0.1, -0.05) is 12.1 Å². The Morgan fingerprint density at radius 1 is 1.13 bits per heavy atom. The largest absolute Gasteiger partial charge is 0.497 e. The number of benzene rings is 2. The number of hydrogen-bond donors (Lipinski definition) is 1. The molecule has 0 unspecified atom stereocenters. The zero-order valence-corrected chi connectivity index (χ0v) is 16.7. The zero-order valence-electron chi connectivity index (χ0n) is 16.7. The maximum atomic E-state index is 12.3. The predicted octanol–water partition coefficient (Wildman–Crippen LogP) is 3.12. The van der Waals surface area contributed by atoms with E-state index in [1.54, 1.807) is 26.2 Å². The second-order valence-electron chi connectivity index (χ2n) is 6.54. The molecule has 0 aliphatic carbocycles. The molecule has 1 N–H and O–H groups in total. The van der Waals surface area contributed by atoms with Crippen molar-refractivity contribution in [3.63, 3.8) is 0 Å². The summed E-state index contributed by atoms with van der Waals surface area (Å²) in [5.74, 6) is 1.06. The first-order chi connectivity index (χ1) is 14.5. The van der Waals surface area contributed by atoms with Crippen LogP contribution in [-0.4, -0.2) is 34.3 Å². The van der Waals surface area contributed by atoms with Gasteiger partial charge in [-0.2, -0.15) is 4.68 Å². The van der Waals surface area contributed by atoms with Crippen LogP contribution in [-0.2, 0) is 13.2 Å². The smallest absolute Gasteiger partial charge is 0.390 e. The van der Waals surface area contributed by atoms with Crippen molar-refractivity contribution in [3.05, 3.63) is 81.5 Å². The van der Waals surface area contributed by atoms with Gasteiger partial charge in [0.2, 0.25) is 0 Å². The Balaban J connectivity index is 1.47. The van der Waals surface area contributed by atoms with Crippen LogP contribution in [0.1, 0.15) is 21.6 Å². The SMILES string of the molecule is COc1ccc(OCc2ccc(C(=O)NCCn3nc([N+](=O)[O-])cc3C)cc2)cc1. The number of aromatic nitrogens is 2. The van der Waals surface area contributed by atoms with Crippen LogP contribution in [0.4, 0.5) is 5.82 Å². The van der Waals surface area contributed by atoms with Gasteiger partial charge in [0.05, 0.1) is 30.5 Å². The van der Waals surface area contributed by atoms with Gasteiger partial charge >= 0.3 is 5.82 Å². The number of amides is 1. The van der Waals surface area contributed by atoms with E-state index in [0.29, 0.717) is 31.0 Å². The second-order valence-corrected chi connectivity index (χ2v) is 6.54. The van der Waals surface area contributed by atoms with E-state index in [0.717, 1.165) is 17.1 Å². The number of hydrogen-bond acceptors (Lipinski definition) is 6. The lowest BCUT2D eigenvalue weighted by molar-refractivity contribution is -0.389. The highest BCUT2D eigenvalue weighted by molar-refractivity contribution is 5.94. The third-order valence-corrected chi connectivity index (χ3v) is 4.45. The third kappa shape index (κ3) is 5.34. The van der Waals surface area contributed by atoms with E-state index in [1.165, 1.54) is 10.7 Å². The van der Waals surface area contributed by atoms with E-state index in [-0.39, 0.29) is 11.7 Å². The van der Waals surface area contributed by atoms with Crippen LogP contribution in [0.2, 0.25) is 0 Å². The van der Waals surface area contributed by atoms with Crippen LogP contribution in [0, 0.1) is 17.0 Å². The molecule has 0 radical (unpaired) electrons. The molecule has 0 aliphatic rings. The van der Waals surface area contributed by atoms with Crippen molar-refractivity contribution in [1.82, 2.24) is 15.1 Å². The number of nitrogens with one attached hydrogen (secondary N) is 1. The van der Waals surface area contributed by atoms with Crippen LogP contribution in [0.5, 0.6) is 11.5 Å². The molecule has 9 heteroatoms. The number of methoxy groups -OCH3 is 1. The number of carbonyl (C=O) groups is 1. The lowest BCUT2D eigenvalue weighted by atomic mass is 10.1. The van der Waals surface area contributed by atoms with E-state index in [2.05, 4.69) is 10.4 Å². The molecule has 9 nitrogen and oxygen atoms in total. The van der Waals surface area contributed by atoms with Crippen LogP contribution in [0.15, 0.2) is 54.6 Å². The molecule has 1 aromatic heterocycles. The van der Waals surface area contributed by atoms with Gasteiger partial charge in [0.25, 0.3) is 5.91 Å². The minimum atomic E-state index is -0.540. The average Bonchev–Trinajstić information content (AvgIpc) is 3.14. The summed E-state index contributed by atoms with van der Waals surface area (Å²) < 4.78 is 12.3. The molecule has 1 amide bonds. The fraction of sp³-hybridized carbons (Fsp3) is 0.238. The summed E-state index contributed by atoms with van der Waals surface area (Å²) in [6.45, 7) is 2.76. The molecule has 0 fully saturated rings. The Labute approximate surface area is 173 Å². The lowest BCUT2D eigenvalue weighted by Gasteiger charge is -2.08. The van der Waals surface area contributed by atoms with Gasteiger partial charge < -0.3 is 24.9 Å². The number of aryl methyl sites for hydroxylation is 1. The first kappa shape index (κ1) is 20.8. The second kappa shape index (κ2) is 9.55. The quantitative estimate of drug-likeness (QED) is 0.429.